The summed E-state index contributed by atoms with van der Waals surface area (Å²) in [4.78, 5) is 12.4. The van der Waals surface area contributed by atoms with Gasteiger partial charge in [0.25, 0.3) is 0 Å². The third-order valence-corrected chi connectivity index (χ3v) is 5.83. The molecule has 4 heterocycles. The van der Waals surface area contributed by atoms with Gasteiger partial charge in [-0.3, -0.25) is 4.68 Å². The highest BCUT2D eigenvalue weighted by Gasteiger charge is 2.16. The molecule has 7 heteroatoms. The molecule has 0 bridgehead atoms. The number of rotatable bonds is 4. The minimum absolute atomic E-state index is 0.476. The first-order valence-electron chi connectivity index (χ1n) is 10.1. The van der Waals surface area contributed by atoms with Gasteiger partial charge in [0.1, 0.15) is 16.6 Å². The van der Waals surface area contributed by atoms with E-state index in [4.69, 9.17) is 11.6 Å². The number of aromatic amines is 1. The molecule has 4 aromatic rings. The Balaban J connectivity index is 1.52. The van der Waals surface area contributed by atoms with E-state index in [2.05, 4.69) is 37.5 Å². The number of hydrogen-bond donors (Lipinski definition) is 2. The van der Waals surface area contributed by atoms with Crippen LogP contribution in [0.2, 0.25) is 5.15 Å². The summed E-state index contributed by atoms with van der Waals surface area (Å²) in [6, 6.07) is 6.62. The maximum atomic E-state index is 6.38. The number of pyridine rings is 2. The van der Waals surface area contributed by atoms with Crippen molar-refractivity contribution < 1.29 is 0 Å². The van der Waals surface area contributed by atoms with E-state index in [0.29, 0.717) is 11.2 Å². The standard InChI is InChI=1S/C22H23ClN6/c1-29-13-16(11-26-29)15-7-18-19(12-25-22(18)24-10-15)14-8-20(23)28-21(9-14)27-17-5-3-2-4-6-17/h7-13,17H,2-6H2,1H3,(H,24,25)(H,27,28). The molecule has 0 amide bonds. The zero-order valence-electron chi connectivity index (χ0n) is 16.3. The number of anilines is 1. The van der Waals surface area contributed by atoms with Crippen LogP contribution in [0.1, 0.15) is 32.1 Å². The molecule has 4 aromatic heterocycles. The van der Waals surface area contributed by atoms with E-state index >= 15 is 0 Å². The Kier molecular flexibility index (Phi) is 4.72. The molecule has 1 saturated carbocycles. The van der Waals surface area contributed by atoms with Crippen molar-refractivity contribution in [2.45, 2.75) is 38.1 Å². The van der Waals surface area contributed by atoms with Gasteiger partial charge in [0.15, 0.2) is 0 Å². The first-order chi connectivity index (χ1) is 14.2. The molecule has 6 nitrogen and oxygen atoms in total. The first-order valence-corrected chi connectivity index (χ1v) is 10.4. The second-order valence-corrected chi connectivity index (χ2v) is 8.16. The van der Waals surface area contributed by atoms with E-state index in [9.17, 15) is 0 Å². The largest absolute Gasteiger partial charge is 0.367 e. The predicted octanol–water partition coefficient (Wildman–Crippen LogP) is 5.42. The molecule has 0 aliphatic heterocycles. The lowest BCUT2D eigenvalue weighted by Gasteiger charge is -2.23. The van der Waals surface area contributed by atoms with Crippen LogP contribution >= 0.6 is 11.6 Å². The molecule has 148 valence electrons. The van der Waals surface area contributed by atoms with Crippen LogP contribution in [0.4, 0.5) is 5.82 Å². The Labute approximate surface area is 174 Å². The van der Waals surface area contributed by atoms with Gasteiger partial charge in [-0.15, -0.1) is 0 Å². The summed E-state index contributed by atoms with van der Waals surface area (Å²) in [5.41, 5.74) is 5.02. The van der Waals surface area contributed by atoms with Gasteiger partial charge in [0.05, 0.1) is 6.20 Å². The van der Waals surface area contributed by atoms with E-state index in [1.165, 1.54) is 32.1 Å². The number of aryl methyl sites for hydroxylation is 1. The summed E-state index contributed by atoms with van der Waals surface area (Å²) in [6.07, 6.45) is 14.0. The fourth-order valence-corrected chi connectivity index (χ4v) is 4.36. The van der Waals surface area contributed by atoms with Gasteiger partial charge in [-0.05, 0) is 36.6 Å². The minimum Gasteiger partial charge on any atom is -0.367 e. The Morgan fingerprint density at radius 2 is 1.93 bits per heavy atom. The van der Waals surface area contributed by atoms with Gasteiger partial charge >= 0.3 is 0 Å². The lowest BCUT2D eigenvalue weighted by molar-refractivity contribution is 0.462. The highest BCUT2D eigenvalue weighted by molar-refractivity contribution is 6.29. The number of aromatic nitrogens is 5. The van der Waals surface area contributed by atoms with Gasteiger partial charge in [-0.1, -0.05) is 30.9 Å². The number of nitrogens with zero attached hydrogens (tertiary/aromatic N) is 4. The normalized spacial score (nSPS) is 15.1. The maximum absolute atomic E-state index is 6.38. The highest BCUT2D eigenvalue weighted by atomic mass is 35.5. The zero-order valence-corrected chi connectivity index (χ0v) is 17.1. The van der Waals surface area contributed by atoms with Crippen molar-refractivity contribution >= 4 is 28.5 Å². The Morgan fingerprint density at radius 1 is 1.07 bits per heavy atom. The number of nitrogens with one attached hydrogen (secondary N) is 2. The summed E-state index contributed by atoms with van der Waals surface area (Å²) >= 11 is 6.38. The molecule has 0 spiro atoms. The molecule has 1 aliphatic carbocycles. The lowest BCUT2D eigenvalue weighted by Crippen LogP contribution is -2.22. The quantitative estimate of drug-likeness (QED) is 0.443. The Morgan fingerprint density at radius 3 is 2.72 bits per heavy atom. The number of halogens is 1. The summed E-state index contributed by atoms with van der Waals surface area (Å²) in [5, 5.41) is 9.39. The van der Waals surface area contributed by atoms with E-state index in [0.717, 1.165) is 39.1 Å². The third-order valence-electron chi connectivity index (χ3n) is 5.63. The van der Waals surface area contributed by atoms with Gasteiger partial charge < -0.3 is 10.3 Å². The van der Waals surface area contributed by atoms with Crippen molar-refractivity contribution in [1.29, 1.82) is 0 Å². The SMILES string of the molecule is Cn1cc(-c2cnc3[nH]cc(-c4cc(Cl)nc(NC5CCCCC5)c4)c3c2)cn1. The zero-order chi connectivity index (χ0) is 19.8. The first kappa shape index (κ1) is 18.2. The predicted molar refractivity (Wildman–Crippen MR) is 117 cm³/mol. The van der Waals surface area contributed by atoms with Crippen LogP contribution in [-0.4, -0.2) is 30.8 Å². The van der Waals surface area contributed by atoms with Crippen LogP contribution in [0.25, 0.3) is 33.3 Å². The summed E-state index contributed by atoms with van der Waals surface area (Å²) in [5.74, 6) is 0.838. The minimum atomic E-state index is 0.476. The van der Waals surface area contributed by atoms with Crippen molar-refractivity contribution in [2.75, 3.05) is 5.32 Å². The van der Waals surface area contributed by atoms with Crippen molar-refractivity contribution in [3.05, 3.63) is 48.1 Å². The van der Waals surface area contributed by atoms with Gasteiger partial charge in [0.2, 0.25) is 0 Å². The molecule has 5 rings (SSSR count). The molecule has 1 aliphatic rings. The second-order valence-electron chi connectivity index (χ2n) is 7.77. The summed E-state index contributed by atoms with van der Waals surface area (Å²) in [7, 11) is 1.91. The monoisotopic (exact) mass is 406 g/mol. The van der Waals surface area contributed by atoms with Crippen LogP contribution in [0.5, 0.6) is 0 Å². The van der Waals surface area contributed by atoms with E-state index < -0.39 is 0 Å². The van der Waals surface area contributed by atoms with Crippen LogP contribution < -0.4 is 5.32 Å². The van der Waals surface area contributed by atoms with Crippen LogP contribution in [-0.2, 0) is 7.05 Å². The Hall–Kier alpha value is -2.86. The summed E-state index contributed by atoms with van der Waals surface area (Å²) < 4.78 is 1.80. The van der Waals surface area contributed by atoms with E-state index in [1.54, 1.807) is 4.68 Å². The summed E-state index contributed by atoms with van der Waals surface area (Å²) in [6.45, 7) is 0. The highest BCUT2D eigenvalue weighted by Crippen LogP contribution is 2.33. The molecular formula is C22H23ClN6. The molecule has 29 heavy (non-hydrogen) atoms. The molecule has 0 aromatic carbocycles. The van der Waals surface area contributed by atoms with Crippen LogP contribution in [0.3, 0.4) is 0 Å². The van der Waals surface area contributed by atoms with E-state index in [-0.39, 0.29) is 0 Å². The molecule has 0 saturated heterocycles. The van der Waals surface area contributed by atoms with Gasteiger partial charge in [-0.2, -0.15) is 5.10 Å². The molecule has 1 fully saturated rings. The van der Waals surface area contributed by atoms with Crippen molar-refractivity contribution in [3.63, 3.8) is 0 Å². The fourth-order valence-electron chi connectivity index (χ4n) is 4.15. The molecule has 0 atom stereocenters. The maximum Gasteiger partial charge on any atom is 0.137 e. The van der Waals surface area contributed by atoms with E-state index in [1.807, 2.05) is 37.9 Å². The number of H-pyrrole nitrogens is 1. The molecule has 2 N–H and O–H groups in total. The smallest absolute Gasteiger partial charge is 0.137 e. The topological polar surface area (TPSA) is 71.4 Å². The van der Waals surface area contributed by atoms with Crippen molar-refractivity contribution in [2.24, 2.45) is 7.05 Å². The third kappa shape index (κ3) is 3.72. The molecular weight excluding hydrogens is 384 g/mol. The average Bonchev–Trinajstić information content (AvgIpc) is 3.34. The molecule has 0 unspecified atom stereocenters. The van der Waals surface area contributed by atoms with Gasteiger partial charge in [-0.25, -0.2) is 9.97 Å². The second kappa shape index (κ2) is 7.52. The number of hydrogen-bond acceptors (Lipinski definition) is 4. The number of fused-ring (bicyclic) bond motifs is 1. The fraction of sp³-hybridized carbons (Fsp3) is 0.318. The van der Waals surface area contributed by atoms with Crippen molar-refractivity contribution in [3.8, 4) is 22.3 Å². The Bertz CT molecular complexity index is 1160. The van der Waals surface area contributed by atoms with Crippen LogP contribution in [0, 0.1) is 0 Å². The van der Waals surface area contributed by atoms with Crippen molar-refractivity contribution in [1.82, 2.24) is 24.7 Å². The lowest BCUT2D eigenvalue weighted by atomic mass is 9.95. The van der Waals surface area contributed by atoms with Crippen LogP contribution in [0.15, 0.2) is 43.0 Å². The average molecular weight is 407 g/mol. The van der Waals surface area contributed by atoms with Gasteiger partial charge in [0, 0.05) is 53.8 Å². The molecule has 0 radical (unpaired) electrons.